The summed E-state index contributed by atoms with van der Waals surface area (Å²) in [5.41, 5.74) is 1.37. The van der Waals surface area contributed by atoms with Crippen LogP contribution in [0.1, 0.15) is 39.7 Å². The quantitative estimate of drug-likeness (QED) is 0.817. The maximum absolute atomic E-state index is 4.07. The van der Waals surface area contributed by atoms with E-state index in [1.807, 2.05) is 24.2 Å². The van der Waals surface area contributed by atoms with Crippen LogP contribution in [-0.2, 0) is 6.42 Å². The average Bonchev–Trinajstić information content (AvgIpc) is 2.33. The van der Waals surface area contributed by atoms with Crippen molar-refractivity contribution >= 4 is 11.8 Å². The van der Waals surface area contributed by atoms with Crippen molar-refractivity contribution in [2.75, 3.05) is 12.3 Å². The minimum Gasteiger partial charge on any atom is -0.313 e. The van der Waals surface area contributed by atoms with Crippen LogP contribution in [0.3, 0.4) is 0 Å². The van der Waals surface area contributed by atoms with Gasteiger partial charge in [-0.1, -0.05) is 27.7 Å². The summed E-state index contributed by atoms with van der Waals surface area (Å²) in [4.78, 5) is 4.07. The van der Waals surface area contributed by atoms with Gasteiger partial charge in [-0.15, -0.1) is 0 Å². The van der Waals surface area contributed by atoms with E-state index >= 15 is 0 Å². The van der Waals surface area contributed by atoms with Crippen molar-refractivity contribution in [3.8, 4) is 0 Å². The van der Waals surface area contributed by atoms with Crippen LogP contribution >= 0.6 is 11.8 Å². The molecule has 0 fully saturated rings. The van der Waals surface area contributed by atoms with Crippen LogP contribution in [0.4, 0.5) is 0 Å². The molecule has 1 rings (SSSR count). The highest BCUT2D eigenvalue weighted by molar-refractivity contribution is 8.00. The van der Waals surface area contributed by atoms with Gasteiger partial charge in [0.15, 0.2) is 0 Å². The molecule has 0 aliphatic heterocycles. The molecule has 0 bridgehead atoms. The van der Waals surface area contributed by atoms with Gasteiger partial charge < -0.3 is 5.32 Å². The van der Waals surface area contributed by atoms with Crippen LogP contribution in [0.5, 0.6) is 0 Å². The van der Waals surface area contributed by atoms with Crippen LogP contribution in [-0.4, -0.2) is 28.1 Å². The van der Waals surface area contributed by atoms with Gasteiger partial charge in [0, 0.05) is 28.9 Å². The van der Waals surface area contributed by atoms with E-state index in [0.717, 1.165) is 18.7 Å². The molecule has 1 aromatic heterocycles. The third-order valence-electron chi connectivity index (χ3n) is 2.63. The summed E-state index contributed by atoms with van der Waals surface area (Å²) in [5, 5.41) is 3.65. The molecule has 3 heteroatoms. The van der Waals surface area contributed by atoms with Crippen molar-refractivity contribution in [1.29, 1.82) is 0 Å². The van der Waals surface area contributed by atoms with Gasteiger partial charge in [0.05, 0.1) is 0 Å². The molecular formula is C15H26N2S. The molecule has 0 aliphatic carbocycles. The topological polar surface area (TPSA) is 24.9 Å². The Bertz CT molecular complexity index is 319. The molecule has 1 atom stereocenters. The molecule has 0 aliphatic rings. The number of nitrogens with zero attached hydrogens (tertiary/aromatic N) is 1. The molecule has 1 N–H and O–H groups in total. The molecule has 102 valence electrons. The normalized spacial score (nSPS) is 13.6. The van der Waals surface area contributed by atoms with Crippen LogP contribution < -0.4 is 5.32 Å². The second-order valence-electron chi connectivity index (χ2n) is 5.63. The molecule has 18 heavy (non-hydrogen) atoms. The van der Waals surface area contributed by atoms with Crippen molar-refractivity contribution in [3.63, 3.8) is 0 Å². The number of aromatic nitrogens is 1. The summed E-state index contributed by atoms with van der Waals surface area (Å²) >= 11 is 2.03. The smallest absolute Gasteiger partial charge is 0.0270 e. The fourth-order valence-corrected chi connectivity index (χ4v) is 2.63. The molecule has 0 aromatic carbocycles. The molecule has 0 saturated carbocycles. The van der Waals surface area contributed by atoms with E-state index in [9.17, 15) is 0 Å². The van der Waals surface area contributed by atoms with E-state index in [4.69, 9.17) is 0 Å². The van der Waals surface area contributed by atoms with Crippen molar-refractivity contribution in [1.82, 2.24) is 10.3 Å². The number of hydrogen-bond donors (Lipinski definition) is 1. The third kappa shape index (κ3) is 7.02. The summed E-state index contributed by atoms with van der Waals surface area (Å²) in [6.07, 6.45) is 6.03. The first-order valence-electron chi connectivity index (χ1n) is 6.77. The zero-order chi connectivity index (χ0) is 13.4. The Morgan fingerprint density at radius 1 is 1.28 bits per heavy atom. The highest BCUT2D eigenvalue weighted by Crippen LogP contribution is 2.24. The van der Waals surface area contributed by atoms with E-state index in [2.05, 4.69) is 50.1 Å². The fourth-order valence-electron chi connectivity index (χ4n) is 1.69. The van der Waals surface area contributed by atoms with Gasteiger partial charge in [0.2, 0.25) is 0 Å². The van der Waals surface area contributed by atoms with E-state index in [0.29, 0.717) is 10.8 Å². The van der Waals surface area contributed by atoms with Gasteiger partial charge in [0.1, 0.15) is 0 Å². The zero-order valence-corrected chi connectivity index (χ0v) is 12.9. The molecule has 1 unspecified atom stereocenters. The highest BCUT2D eigenvalue weighted by atomic mass is 32.2. The first-order chi connectivity index (χ1) is 8.51. The Hall–Kier alpha value is -0.540. The summed E-state index contributed by atoms with van der Waals surface area (Å²) in [7, 11) is 0. The van der Waals surface area contributed by atoms with Gasteiger partial charge in [-0.05, 0) is 37.1 Å². The van der Waals surface area contributed by atoms with Crippen LogP contribution in [0.15, 0.2) is 24.5 Å². The van der Waals surface area contributed by atoms with Gasteiger partial charge in [0.25, 0.3) is 0 Å². The lowest BCUT2D eigenvalue weighted by atomic mass is 10.1. The van der Waals surface area contributed by atoms with Gasteiger partial charge in [-0.2, -0.15) is 11.8 Å². The minimum absolute atomic E-state index is 0.338. The Morgan fingerprint density at radius 2 is 1.94 bits per heavy atom. The van der Waals surface area contributed by atoms with E-state index in [1.54, 1.807) is 0 Å². The molecule has 0 radical (unpaired) electrons. The number of hydrogen-bond acceptors (Lipinski definition) is 3. The maximum Gasteiger partial charge on any atom is 0.0270 e. The largest absolute Gasteiger partial charge is 0.313 e. The third-order valence-corrected chi connectivity index (χ3v) is 4.07. The van der Waals surface area contributed by atoms with Gasteiger partial charge in [-0.3, -0.25) is 4.98 Å². The van der Waals surface area contributed by atoms with E-state index in [1.165, 1.54) is 12.0 Å². The number of pyridine rings is 1. The zero-order valence-electron chi connectivity index (χ0n) is 12.1. The molecule has 0 spiro atoms. The van der Waals surface area contributed by atoms with Crippen molar-refractivity contribution in [3.05, 3.63) is 30.1 Å². The number of rotatable bonds is 7. The summed E-state index contributed by atoms with van der Waals surface area (Å²) < 4.78 is 0.338. The van der Waals surface area contributed by atoms with Crippen molar-refractivity contribution < 1.29 is 0 Å². The molecule has 1 heterocycles. The van der Waals surface area contributed by atoms with Gasteiger partial charge in [-0.25, -0.2) is 0 Å². The Morgan fingerprint density at radius 3 is 2.50 bits per heavy atom. The average molecular weight is 266 g/mol. The highest BCUT2D eigenvalue weighted by Gasteiger charge is 2.15. The van der Waals surface area contributed by atoms with Gasteiger partial charge >= 0.3 is 0 Å². The summed E-state index contributed by atoms with van der Waals surface area (Å²) in [6.45, 7) is 10.1. The second kappa shape index (κ2) is 7.80. The van der Waals surface area contributed by atoms with E-state index < -0.39 is 0 Å². The van der Waals surface area contributed by atoms with E-state index in [-0.39, 0.29) is 0 Å². The summed E-state index contributed by atoms with van der Waals surface area (Å²) in [5.74, 6) is 1.16. The maximum atomic E-state index is 4.07. The first-order valence-corrected chi connectivity index (χ1v) is 7.76. The van der Waals surface area contributed by atoms with Crippen LogP contribution in [0.25, 0.3) is 0 Å². The lowest BCUT2D eigenvalue weighted by Crippen LogP contribution is -2.35. The molecular weight excluding hydrogens is 240 g/mol. The van der Waals surface area contributed by atoms with Crippen molar-refractivity contribution in [2.24, 2.45) is 0 Å². The lowest BCUT2D eigenvalue weighted by Gasteiger charge is -2.24. The number of thioether (sulfide) groups is 1. The Labute approximate surface area is 116 Å². The fraction of sp³-hybridized carbons (Fsp3) is 0.667. The monoisotopic (exact) mass is 266 g/mol. The van der Waals surface area contributed by atoms with Crippen molar-refractivity contribution in [2.45, 2.75) is 51.3 Å². The predicted molar refractivity (Wildman–Crippen MR) is 82.2 cm³/mol. The van der Waals surface area contributed by atoms with Crippen LogP contribution in [0, 0.1) is 0 Å². The first kappa shape index (κ1) is 15.5. The molecule has 2 nitrogen and oxygen atoms in total. The Kier molecular flexibility index (Phi) is 6.72. The Balaban J connectivity index is 2.50. The standard InChI is InChI=1S/C15H26N2S/c1-5-8-17-14(12-18-15(2,3)4)11-13-6-9-16-10-7-13/h6-7,9-10,14,17H,5,8,11-12H2,1-4H3. The SMILES string of the molecule is CCCNC(CSC(C)(C)C)Cc1ccncc1. The predicted octanol–water partition coefficient (Wildman–Crippen LogP) is 3.52. The molecule has 0 amide bonds. The summed E-state index contributed by atoms with van der Waals surface area (Å²) in [6, 6.07) is 4.78. The number of nitrogens with one attached hydrogen (secondary N) is 1. The molecule has 0 saturated heterocycles. The minimum atomic E-state index is 0.338. The second-order valence-corrected chi connectivity index (χ2v) is 7.48. The van der Waals surface area contributed by atoms with Crippen LogP contribution in [0.2, 0.25) is 0 Å². The lowest BCUT2D eigenvalue weighted by molar-refractivity contribution is 0.548. The molecule has 1 aromatic rings.